The zero-order valence-electron chi connectivity index (χ0n) is 15.8. The Morgan fingerprint density at radius 2 is 1.59 bits per heavy atom. The van der Waals surface area contributed by atoms with Crippen LogP contribution in [0, 0.1) is 0 Å². The summed E-state index contributed by atoms with van der Waals surface area (Å²) in [4.78, 5) is 29.4. The van der Waals surface area contributed by atoms with E-state index in [1.165, 1.54) is 7.11 Å². The van der Waals surface area contributed by atoms with Gasteiger partial charge in [-0.15, -0.1) is 0 Å². The molecule has 29 heavy (non-hydrogen) atoms. The molecule has 5 heteroatoms. The topological polar surface area (TPSA) is 61.2 Å². The first-order chi connectivity index (χ1) is 14.2. The number of rotatable bonds is 4. The molecule has 4 aromatic rings. The number of carbonyl (C=O) groups is 1. The monoisotopic (exact) mass is 382 g/mol. The maximum atomic E-state index is 13.2. The molecule has 0 unspecified atom stereocenters. The molecular weight excluding hydrogens is 364 g/mol. The zero-order valence-corrected chi connectivity index (χ0v) is 15.8. The fraction of sp³-hybridized carbons (Fsp3) is 0.0417. The Morgan fingerprint density at radius 3 is 2.31 bits per heavy atom. The molecule has 1 heterocycles. The van der Waals surface area contributed by atoms with Crippen molar-refractivity contribution in [2.45, 2.75) is 0 Å². The lowest BCUT2D eigenvalue weighted by Gasteiger charge is -2.11. The lowest BCUT2D eigenvalue weighted by Crippen LogP contribution is -2.22. The van der Waals surface area contributed by atoms with E-state index in [9.17, 15) is 9.59 Å². The number of methoxy groups -OCH3 is 1. The fourth-order valence-corrected chi connectivity index (χ4v) is 3.11. The van der Waals surface area contributed by atoms with Crippen LogP contribution < -0.4 is 5.56 Å². The molecule has 5 nitrogen and oxygen atoms in total. The minimum Gasteiger partial charge on any atom is -0.465 e. The third kappa shape index (κ3) is 3.71. The van der Waals surface area contributed by atoms with Crippen LogP contribution in [0.15, 0.2) is 83.7 Å². The predicted molar refractivity (Wildman–Crippen MR) is 114 cm³/mol. The number of aromatic nitrogens is 2. The number of hydrogen-bond donors (Lipinski definition) is 0. The number of benzene rings is 3. The third-order valence-corrected chi connectivity index (χ3v) is 4.57. The second kappa shape index (κ2) is 7.94. The van der Waals surface area contributed by atoms with Gasteiger partial charge in [0, 0.05) is 0 Å². The lowest BCUT2D eigenvalue weighted by molar-refractivity contribution is 0.0600. The summed E-state index contributed by atoms with van der Waals surface area (Å²) < 4.78 is 6.32. The van der Waals surface area contributed by atoms with Gasteiger partial charge < -0.3 is 4.74 Å². The summed E-state index contributed by atoms with van der Waals surface area (Å²) >= 11 is 0. The highest BCUT2D eigenvalue weighted by atomic mass is 16.5. The van der Waals surface area contributed by atoms with Gasteiger partial charge in [0.1, 0.15) is 5.82 Å². The summed E-state index contributed by atoms with van der Waals surface area (Å²) in [6, 6.07) is 23.8. The Kier molecular flexibility index (Phi) is 5.03. The standard InChI is InChI=1S/C24H18N2O3/c1-29-24(28)18-14-11-17(12-15-18)13-16-22-25-21-10-6-5-9-20(21)23(27)26(22)19-7-3-2-4-8-19/h2-16H,1H3/b16-13+. The van der Waals surface area contributed by atoms with Crippen LogP contribution in [-0.4, -0.2) is 22.6 Å². The Balaban J connectivity index is 1.81. The van der Waals surface area contributed by atoms with Crippen molar-refractivity contribution in [3.63, 3.8) is 0 Å². The van der Waals surface area contributed by atoms with Crippen molar-refractivity contribution < 1.29 is 9.53 Å². The van der Waals surface area contributed by atoms with Crippen LogP contribution in [0.5, 0.6) is 0 Å². The molecule has 0 saturated carbocycles. The van der Waals surface area contributed by atoms with Crippen molar-refractivity contribution in [3.05, 3.63) is 106 Å². The highest BCUT2D eigenvalue weighted by molar-refractivity contribution is 5.89. The molecular formula is C24H18N2O3. The molecule has 0 aliphatic rings. The van der Waals surface area contributed by atoms with E-state index >= 15 is 0 Å². The minimum absolute atomic E-state index is 0.123. The van der Waals surface area contributed by atoms with Crippen LogP contribution in [0.25, 0.3) is 28.7 Å². The van der Waals surface area contributed by atoms with Gasteiger partial charge in [0.2, 0.25) is 0 Å². The van der Waals surface area contributed by atoms with Crippen molar-refractivity contribution in [2.24, 2.45) is 0 Å². The first-order valence-corrected chi connectivity index (χ1v) is 9.11. The van der Waals surface area contributed by atoms with Crippen molar-refractivity contribution in [1.82, 2.24) is 9.55 Å². The molecule has 4 rings (SSSR count). The minimum atomic E-state index is -0.380. The summed E-state index contributed by atoms with van der Waals surface area (Å²) in [6.45, 7) is 0. The quantitative estimate of drug-likeness (QED) is 0.493. The van der Waals surface area contributed by atoms with Crippen molar-refractivity contribution in [1.29, 1.82) is 0 Å². The second-order valence-electron chi connectivity index (χ2n) is 6.41. The Hall–Kier alpha value is -3.99. The van der Waals surface area contributed by atoms with Gasteiger partial charge in [0.25, 0.3) is 5.56 Å². The number of fused-ring (bicyclic) bond motifs is 1. The van der Waals surface area contributed by atoms with E-state index in [0.717, 1.165) is 11.3 Å². The number of hydrogen-bond acceptors (Lipinski definition) is 4. The highest BCUT2D eigenvalue weighted by Gasteiger charge is 2.10. The van der Waals surface area contributed by atoms with Crippen LogP contribution in [0.4, 0.5) is 0 Å². The molecule has 0 N–H and O–H groups in total. The number of para-hydroxylation sites is 2. The van der Waals surface area contributed by atoms with Gasteiger partial charge in [-0.05, 0) is 48.0 Å². The maximum absolute atomic E-state index is 13.2. The van der Waals surface area contributed by atoms with Crippen LogP contribution in [0.1, 0.15) is 21.7 Å². The van der Waals surface area contributed by atoms with E-state index < -0.39 is 0 Å². The molecule has 0 radical (unpaired) electrons. The summed E-state index contributed by atoms with van der Waals surface area (Å²) in [6.07, 6.45) is 3.66. The fourth-order valence-electron chi connectivity index (χ4n) is 3.11. The van der Waals surface area contributed by atoms with Crippen molar-refractivity contribution in [2.75, 3.05) is 7.11 Å². The molecule has 1 aromatic heterocycles. The number of carbonyl (C=O) groups excluding carboxylic acids is 1. The van der Waals surface area contributed by atoms with E-state index in [-0.39, 0.29) is 11.5 Å². The number of esters is 1. The molecule has 0 bridgehead atoms. The average molecular weight is 382 g/mol. The molecule has 0 spiro atoms. The largest absolute Gasteiger partial charge is 0.465 e. The van der Waals surface area contributed by atoms with E-state index in [0.29, 0.717) is 22.3 Å². The molecule has 0 amide bonds. The molecule has 142 valence electrons. The van der Waals surface area contributed by atoms with E-state index in [1.807, 2.05) is 66.7 Å². The molecule has 0 aliphatic heterocycles. The molecule has 3 aromatic carbocycles. The van der Waals surface area contributed by atoms with Crippen LogP contribution in [0.3, 0.4) is 0 Å². The summed E-state index contributed by atoms with van der Waals surface area (Å²) in [5, 5.41) is 0.566. The summed E-state index contributed by atoms with van der Waals surface area (Å²) in [5.41, 5.74) is 2.62. The molecule has 0 aliphatic carbocycles. The van der Waals surface area contributed by atoms with Crippen molar-refractivity contribution >= 4 is 29.0 Å². The zero-order chi connectivity index (χ0) is 20.2. The van der Waals surface area contributed by atoms with Gasteiger partial charge in [-0.2, -0.15) is 0 Å². The Bertz CT molecular complexity index is 1260. The number of ether oxygens (including phenoxy) is 1. The van der Waals surface area contributed by atoms with Gasteiger partial charge in [0.05, 0.1) is 29.3 Å². The maximum Gasteiger partial charge on any atom is 0.337 e. The van der Waals surface area contributed by atoms with E-state index in [1.54, 1.807) is 28.8 Å². The summed E-state index contributed by atoms with van der Waals surface area (Å²) in [5.74, 6) is 0.145. The second-order valence-corrected chi connectivity index (χ2v) is 6.41. The third-order valence-electron chi connectivity index (χ3n) is 4.57. The summed E-state index contributed by atoms with van der Waals surface area (Å²) in [7, 11) is 1.35. The van der Waals surface area contributed by atoms with Crippen LogP contribution in [-0.2, 0) is 4.74 Å². The van der Waals surface area contributed by atoms with Gasteiger partial charge in [-0.25, -0.2) is 9.78 Å². The molecule has 0 fully saturated rings. The molecule has 0 atom stereocenters. The Labute approximate surface area is 167 Å². The normalized spacial score (nSPS) is 11.1. The van der Waals surface area contributed by atoms with Gasteiger partial charge in [-0.1, -0.05) is 48.5 Å². The van der Waals surface area contributed by atoms with Crippen LogP contribution in [0.2, 0.25) is 0 Å². The molecule has 0 saturated heterocycles. The van der Waals surface area contributed by atoms with Gasteiger partial charge in [-0.3, -0.25) is 9.36 Å². The highest BCUT2D eigenvalue weighted by Crippen LogP contribution is 2.15. The average Bonchev–Trinajstić information content (AvgIpc) is 2.78. The smallest absolute Gasteiger partial charge is 0.337 e. The predicted octanol–water partition coefficient (Wildman–Crippen LogP) is 4.34. The Morgan fingerprint density at radius 1 is 0.897 bits per heavy atom. The first kappa shape index (κ1) is 18.4. The van der Waals surface area contributed by atoms with Crippen LogP contribution >= 0.6 is 0 Å². The van der Waals surface area contributed by atoms with E-state index in [2.05, 4.69) is 4.98 Å². The lowest BCUT2D eigenvalue weighted by atomic mass is 10.1. The van der Waals surface area contributed by atoms with Gasteiger partial charge in [0.15, 0.2) is 0 Å². The van der Waals surface area contributed by atoms with E-state index in [4.69, 9.17) is 4.74 Å². The van der Waals surface area contributed by atoms with Gasteiger partial charge >= 0.3 is 5.97 Å². The van der Waals surface area contributed by atoms with Crippen molar-refractivity contribution in [3.8, 4) is 5.69 Å². The first-order valence-electron chi connectivity index (χ1n) is 9.11. The SMILES string of the molecule is COC(=O)c1ccc(/C=C/c2nc3ccccc3c(=O)n2-c2ccccc2)cc1. The number of nitrogens with zero attached hydrogens (tertiary/aromatic N) is 2.